The fraction of sp³-hybridized carbons (Fsp3) is 0.700. The van der Waals surface area contributed by atoms with Crippen molar-refractivity contribution in [2.75, 3.05) is 6.54 Å². The van der Waals surface area contributed by atoms with E-state index in [1.54, 1.807) is 17.8 Å². The molecule has 1 aromatic heterocycles. The summed E-state index contributed by atoms with van der Waals surface area (Å²) in [6, 6.07) is 0. The van der Waals surface area contributed by atoms with E-state index in [9.17, 15) is 8.42 Å². The Morgan fingerprint density at radius 1 is 1.44 bits per heavy atom. The number of nitrogens with one attached hydrogen (secondary N) is 1. The first kappa shape index (κ1) is 13.2. The van der Waals surface area contributed by atoms with Crippen molar-refractivity contribution in [1.82, 2.24) is 14.5 Å². The maximum atomic E-state index is 11.9. The fourth-order valence-electron chi connectivity index (χ4n) is 1.39. The molecule has 16 heavy (non-hydrogen) atoms. The summed E-state index contributed by atoms with van der Waals surface area (Å²) >= 11 is 0. The Labute approximate surface area is 96.9 Å². The molecule has 1 heterocycles. The summed E-state index contributed by atoms with van der Waals surface area (Å²) < 4.78 is 28.0. The summed E-state index contributed by atoms with van der Waals surface area (Å²) in [6.45, 7) is 6.81. The van der Waals surface area contributed by atoms with E-state index in [0.717, 1.165) is 12.8 Å². The molecule has 0 amide bonds. The lowest BCUT2D eigenvalue weighted by atomic mass is 10.3. The molecular weight excluding hydrogens is 226 g/mol. The molecule has 5 nitrogen and oxygen atoms in total. The zero-order valence-corrected chi connectivity index (χ0v) is 10.8. The Bertz CT molecular complexity index is 437. The molecule has 0 aliphatic heterocycles. The van der Waals surface area contributed by atoms with E-state index in [2.05, 4.69) is 9.82 Å². The lowest BCUT2D eigenvalue weighted by molar-refractivity contribution is 0.577. The molecule has 0 aromatic carbocycles. The molecule has 1 aromatic rings. The molecule has 1 rings (SSSR count). The minimum Gasteiger partial charge on any atom is -0.271 e. The van der Waals surface area contributed by atoms with Crippen LogP contribution in [0.15, 0.2) is 11.1 Å². The van der Waals surface area contributed by atoms with Gasteiger partial charge in [0.15, 0.2) is 0 Å². The quantitative estimate of drug-likeness (QED) is 0.768. The molecule has 0 atom stereocenters. The molecule has 0 saturated carbocycles. The first-order valence-electron chi connectivity index (χ1n) is 5.55. The van der Waals surface area contributed by atoms with Crippen LogP contribution in [0.5, 0.6) is 0 Å². The van der Waals surface area contributed by atoms with E-state index < -0.39 is 10.0 Å². The first-order chi connectivity index (χ1) is 7.51. The van der Waals surface area contributed by atoms with Gasteiger partial charge in [0, 0.05) is 19.3 Å². The molecule has 6 heteroatoms. The number of aromatic nitrogens is 2. The topological polar surface area (TPSA) is 64.0 Å². The van der Waals surface area contributed by atoms with Gasteiger partial charge in [-0.15, -0.1) is 0 Å². The van der Waals surface area contributed by atoms with E-state index in [1.807, 2.05) is 13.8 Å². The van der Waals surface area contributed by atoms with Crippen molar-refractivity contribution in [3.8, 4) is 0 Å². The molecule has 1 N–H and O–H groups in total. The van der Waals surface area contributed by atoms with E-state index in [-0.39, 0.29) is 4.90 Å². The Morgan fingerprint density at radius 3 is 2.62 bits per heavy atom. The van der Waals surface area contributed by atoms with Gasteiger partial charge < -0.3 is 0 Å². The molecule has 0 saturated heterocycles. The zero-order valence-electron chi connectivity index (χ0n) is 10.0. The standard InChI is InChI=1S/C10H19N3O2S/c1-4-6-7-11-16(14,15)10-8-13(5-2)12-9(10)3/h8,11H,4-7H2,1-3H3. The monoisotopic (exact) mass is 245 g/mol. The van der Waals surface area contributed by atoms with Crippen LogP contribution in [0.4, 0.5) is 0 Å². The first-order valence-corrected chi connectivity index (χ1v) is 7.03. The Morgan fingerprint density at radius 2 is 2.12 bits per heavy atom. The van der Waals surface area contributed by atoms with Crippen LogP contribution < -0.4 is 4.72 Å². The Balaban J connectivity index is 2.85. The largest absolute Gasteiger partial charge is 0.271 e. The van der Waals surface area contributed by atoms with Crippen molar-refractivity contribution >= 4 is 10.0 Å². The van der Waals surface area contributed by atoms with Crippen LogP contribution in [0.1, 0.15) is 32.4 Å². The van der Waals surface area contributed by atoms with Gasteiger partial charge in [0.05, 0.1) is 5.69 Å². The van der Waals surface area contributed by atoms with Crippen molar-refractivity contribution < 1.29 is 8.42 Å². The summed E-state index contributed by atoms with van der Waals surface area (Å²) in [5.74, 6) is 0. The van der Waals surface area contributed by atoms with Gasteiger partial charge in [0.2, 0.25) is 10.0 Å². The number of hydrogen-bond donors (Lipinski definition) is 1. The fourth-order valence-corrected chi connectivity index (χ4v) is 2.65. The molecule has 0 aliphatic carbocycles. The number of nitrogens with zero attached hydrogens (tertiary/aromatic N) is 2. The second kappa shape index (κ2) is 5.45. The van der Waals surface area contributed by atoms with E-state index >= 15 is 0 Å². The Hall–Kier alpha value is -0.880. The molecule has 0 spiro atoms. The van der Waals surface area contributed by atoms with Crippen LogP contribution in [0, 0.1) is 6.92 Å². The van der Waals surface area contributed by atoms with Gasteiger partial charge in [-0.1, -0.05) is 13.3 Å². The highest BCUT2D eigenvalue weighted by molar-refractivity contribution is 7.89. The predicted molar refractivity (Wildman–Crippen MR) is 62.7 cm³/mol. The molecule has 92 valence electrons. The summed E-state index contributed by atoms with van der Waals surface area (Å²) in [5.41, 5.74) is 0.547. The summed E-state index contributed by atoms with van der Waals surface area (Å²) in [4.78, 5) is 0.283. The van der Waals surface area contributed by atoms with Crippen molar-refractivity contribution in [2.24, 2.45) is 0 Å². The number of unbranched alkanes of at least 4 members (excludes halogenated alkanes) is 1. The van der Waals surface area contributed by atoms with Gasteiger partial charge >= 0.3 is 0 Å². The van der Waals surface area contributed by atoms with Crippen LogP contribution in [0.25, 0.3) is 0 Å². The lowest BCUT2D eigenvalue weighted by Gasteiger charge is -2.03. The van der Waals surface area contributed by atoms with E-state index in [1.165, 1.54) is 0 Å². The number of rotatable bonds is 6. The minimum atomic E-state index is -3.39. The second-order valence-electron chi connectivity index (χ2n) is 3.69. The van der Waals surface area contributed by atoms with Gasteiger partial charge in [-0.05, 0) is 20.3 Å². The maximum Gasteiger partial charge on any atom is 0.243 e. The number of hydrogen-bond acceptors (Lipinski definition) is 3. The zero-order chi connectivity index (χ0) is 12.2. The van der Waals surface area contributed by atoms with Crippen LogP contribution in [-0.4, -0.2) is 24.7 Å². The van der Waals surface area contributed by atoms with Crippen molar-refractivity contribution in [1.29, 1.82) is 0 Å². The summed E-state index contributed by atoms with van der Waals surface area (Å²) in [6.07, 6.45) is 3.39. The van der Waals surface area contributed by atoms with Crippen LogP contribution in [-0.2, 0) is 16.6 Å². The molecular formula is C10H19N3O2S. The third kappa shape index (κ3) is 3.05. The highest BCUT2D eigenvalue weighted by Gasteiger charge is 2.19. The average Bonchev–Trinajstić information content (AvgIpc) is 2.60. The smallest absolute Gasteiger partial charge is 0.243 e. The SMILES string of the molecule is CCCCNS(=O)(=O)c1cn(CC)nc1C. The molecule has 0 bridgehead atoms. The Kier molecular flexibility index (Phi) is 4.49. The second-order valence-corrected chi connectivity index (χ2v) is 5.42. The van der Waals surface area contributed by atoms with E-state index in [4.69, 9.17) is 0 Å². The minimum absolute atomic E-state index is 0.283. The van der Waals surface area contributed by atoms with E-state index in [0.29, 0.717) is 18.8 Å². The van der Waals surface area contributed by atoms with Gasteiger partial charge in [-0.3, -0.25) is 4.68 Å². The molecule has 0 unspecified atom stereocenters. The van der Waals surface area contributed by atoms with Crippen LogP contribution in [0.3, 0.4) is 0 Å². The van der Waals surface area contributed by atoms with Gasteiger partial charge in [-0.25, -0.2) is 13.1 Å². The van der Waals surface area contributed by atoms with Gasteiger partial charge in [0.25, 0.3) is 0 Å². The van der Waals surface area contributed by atoms with Gasteiger partial charge in [0.1, 0.15) is 4.90 Å². The summed E-state index contributed by atoms with van der Waals surface area (Å²) in [5, 5.41) is 4.12. The molecule has 0 aliphatic rings. The highest BCUT2D eigenvalue weighted by atomic mass is 32.2. The van der Waals surface area contributed by atoms with Gasteiger partial charge in [-0.2, -0.15) is 5.10 Å². The third-order valence-corrected chi connectivity index (χ3v) is 3.90. The predicted octanol–water partition coefficient (Wildman–Crippen LogP) is 1.29. The molecule has 0 fully saturated rings. The average molecular weight is 245 g/mol. The lowest BCUT2D eigenvalue weighted by Crippen LogP contribution is -2.25. The van der Waals surface area contributed by atoms with Crippen molar-refractivity contribution in [2.45, 2.75) is 45.1 Å². The number of aryl methyl sites for hydroxylation is 2. The maximum absolute atomic E-state index is 11.9. The normalized spacial score (nSPS) is 11.9. The third-order valence-electron chi connectivity index (χ3n) is 2.34. The van der Waals surface area contributed by atoms with Crippen LogP contribution >= 0.6 is 0 Å². The molecule has 0 radical (unpaired) electrons. The van der Waals surface area contributed by atoms with Crippen molar-refractivity contribution in [3.05, 3.63) is 11.9 Å². The number of sulfonamides is 1. The van der Waals surface area contributed by atoms with Crippen LogP contribution in [0.2, 0.25) is 0 Å². The highest BCUT2D eigenvalue weighted by Crippen LogP contribution is 2.12. The van der Waals surface area contributed by atoms with Crippen molar-refractivity contribution in [3.63, 3.8) is 0 Å². The summed E-state index contributed by atoms with van der Waals surface area (Å²) in [7, 11) is -3.39.